The molecule has 0 saturated heterocycles. The van der Waals surface area contributed by atoms with E-state index in [-0.39, 0.29) is 22.4 Å². The van der Waals surface area contributed by atoms with Crippen molar-refractivity contribution in [3.05, 3.63) is 99.6 Å². The maximum atomic E-state index is 13.5. The fraction of sp³-hybridized carbons (Fsp3) is 0.276. The van der Waals surface area contributed by atoms with E-state index in [0.717, 1.165) is 30.2 Å². The normalized spacial score (nSPS) is 12.4. The van der Waals surface area contributed by atoms with Gasteiger partial charge >= 0.3 is 5.97 Å². The fourth-order valence-corrected chi connectivity index (χ4v) is 4.93. The van der Waals surface area contributed by atoms with Crippen LogP contribution in [0.25, 0.3) is 10.9 Å². The Balaban J connectivity index is 1.67. The van der Waals surface area contributed by atoms with Crippen LogP contribution < -0.4 is 10.3 Å². The number of unbranched alkanes of at least 4 members (excludes halogenated alkanes) is 1. The molecular formula is C29H30N2O6S. The van der Waals surface area contributed by atoms with Gasteiger partial charge in [0.2, 0.25) is 6.10 Å². The van der Waals surface area contributed by atoms with Crippen LogP contribution in [0, 0.1) is 6.92 Å². The molecule has 0 radical (unpaired) electrons. The molecule has 0 aliphatic heterocycles. The lowest BCUT2D eigenvalue weighted by Crippen LogP contribution is -2.26. The van der Waals surface area contributed by atoms with Crippen molar-refractivity contribution in [3.8, 4) is 5.75 Å². The molecule has 0 amide bonds. The summed E-state index contributed by atoms with van der Waals surface area (Å²) in [5.74, 6) is -0.0779. The molecule has 1 aromatic heterocycles. The highest BCUT2D eigenvalue weighted by Gasteiger charge is 2.23. The molecule has 0 aliphatic rings. The zero-order valence-corrected chi connectivity index (χ0v) is 22.4. The number of ether oxygens (including phenoxy) is 1. The van der Waals surface area contributed by atoms with Gasteiger partial charge in [0.05, 0.1) is 22.3 Å². The van der Waals surface area contributed by atoms with E-state index < -0.39 is 21.9 Å². The second-order valence-corrected chi connectivity index (χ2v) is 11.3. The summed E-state index contributed by atoms with van der Waals surface area (Å²) in [6.07, 6.45) is 2.33. The van der Waals surface area contributed by atoms with Gasteiger partial charge in [-0.1, -0.05) is 49.7 Å². The zero-order valence-electron chi connectivity index (χ0n) is 21.5. The molecule has 0 saturated carbocycles. The summed E-state index contributed by atoms with van der Waals surface area (Å²) in [5.41, 5.74) is 2.34. The summed E-state index contributed by atoms with van der Waals surface area (Å²) in [7, 11) is -3.48. The van der Waals surface area contributed by atoms with E-state index in [1.54, 1.807) is 47.0 Å². The van der Waals surface area contributed by atoms with Crippen LogP contribution in [0.4, 0.5) is 0 Å². The maximum absolute atomic E-state index is 13.5. The van der Waals surface area contributed by atoms with Crippen molar-refractivity contribution in [1.82, 2.24) is 9.55 Å². The Kier molecular flexibility index (Phi) is 7.97. The SMILES string of the molecule is CCCCc1nc2ccc(S(C)(=O)=O)cc2c(=O)n1Cc1ccc(OC(C(=O)O)c2ccccc2C)cc1. The quantitative estimate of drug-likeness (QED) is 0.313. The third kappa shape index (κ3) is 5.94. The number of hydrogen-bond donors (Lipinski definition) is 1. The Bertz CT molecular complexity index is 1640. The van der Waals surface area contributed by atoms with Crippen molar-refractivity contribution in [3.63, 3.8) is 0 Å². The summed E-state index contributed by atoms with van der Waals surface area (Å²) in [6, 6.07) is 18.5. The van der Waals surface area contributed by atoms with Crippen molar-refractivity contribution < 1.29 is 23.1 Å². The van der Waals surface area contributed by atoms with E-state index >= 15 is 0 Å². The predicted molar refractivity (Wildman–Crippen MR) is 145 cm³/mol. The van der Waals surface area contributed by atoms with Crippen molar-refractivity contribution in [2.45, 2.75) is 50.7 Å². The minimum atomic E-state index is -3.48. The van der Waals surface area contributed by atoms with Gasteiger partial charge in [-0.2, -0.15) is 0 Å². The van der Waals surface area contributed by atoms with E-state index in [1.807, 2.05) is 19.1 Å². The van der Waals surface area contributed by atoms with Gasteiger partial charge in [-0.25, -0.2) is 18.2 Å². The molecule has 1 N–H and O–H groups in total. The van der Waals surface area contributed by atoms with E-state index in [1.165, 1.54) is 12.1 Å². The minimum absolute atomic E-state index is 0.0693. The number of aliphatic carboxylic acids is 1. The number of aromatic nitrogens is 2. The second-order valence-electron chi connectivity index (χ2n) is 9.31. The van der Waals surface area contributed by atoms with Crippen LogP contribution >= 0.6 is 0 Å². The van der Waals surface area contributed by atoms with Crippen LogP contribution in [0.3, 0.4) is 0 Å². The molecular weight excluding hydrogens is 504 g/mol. The van der Waals surface area contributed by atoms with Crippen LogP contribution in [-0.4, -0.2) is 35.3 Å². The smallest absolute Gasteiger partial charge is 0.349 e. The molecule has 4 rings (SSSR count). The average Bonchev–Trinajstić information content (AvgIpc) is 2.88. The Morgan fingerprint density at radius 2 is 1.79 bits per heavy atom. The van der Waals surface area contributed by atoms with Crippen molar-refractivity contribution in [2.24, 2.45) is 0 Å². The number of benzene rings is 3. The minimum Gasteiger partial charge on any atom is -0.478 e. The zero-order chi connectivity index (χ0) is 27.4. The number of aryl methyl sites for hydroxylation is 2. The van der Waals surface area contributed by atoms with Crippen LogP contribution in [0.1, 0.15) is 48.4 Å². The van der Waals surface area contributed by atoms with E-state index in [4.69, 9.17) is 4.74 Å². The highest BCUT2D eigenvalue weighted by Crippen LogP contribution is 2.25. The third-order valence-electron chi connectivity index (χ3n) is 6.40. The lowest BCUT2D eigenvalue weighted by Gasteiger charge is -2.18. The molecule has 0 aliphatic carbocycles. The number of fused-ring (bicyclic) bond motifs is 1. The first-order chi connectivity index (χ1) is 18.1. The van der Waals surface area contributed by atoms with Gasteiger partial charge in [-0.05, 0) is 54.8 Å². The first kappa shape index (κ1) is 27.1. The molecule has 0 bridgehead atoms. The molecule has 9 heteroatoms. The predicted octanol–water partition coefficient (Wildman–Crippen LogP) is 4.70. The molecule has 1 heterocycles. The van der Waals surface area contributed by atoms with Gasteiger partial charge < -0.3 is 9.84 Å². The van der Waals surface area contributed by atoms with Crippen LogP contribution in [0.2, 0.25) is 0 Å². The molecule has 3 aromatic carbocycles. The van der Waals surface area contributed by atoms with Gasteiger partial charge in [0, 0.05) is 18.2 Å². The number of carboxylic acid groups (broad SMARTS) is 1. The molecule has 1 unspecified atom stereocenters. The van der Waals surface area contributed by atoms with Crippen LogP contribution in [-0.2, 0) is 27.6 Å². The Morgan fingerprint density at radius 1 is 1.08 bits per heavy atom. The highest BCUT2D eigenvalue weighted by atomic mass is 32.2. The average molecular weight is 535 g/mol. The number of nitrogens with zero attached hydrogens (tertiary/aromatic N) is 2. The van der Waals surface area contributed by atoms with E-state index in [9.17, 15) is 23.1 Å². The van der Waals surface area contributed by atoms with Crippen LogP contribution in [0.5, 0.6) is 5.75 Å². The number of hydrogen-bond acceptors (Lipinski definition) is 6. The number of carbonyl (C=O) groups is 1. The van der Waals surface area contributed by atoms with Gasteiger partial charge in [0.15, 0.2) is 9.84 Å². The molecule has 38 heavy (non-hydrogen) atoms. The first-order valence-corrected chi connectivity index (χ1v) is 14.2. The van der Waals surface area contributed by atoms with Gasteiger partial charge in [-0.3, -0.25) is 9.36 Å². The number of sulfone groups is 1. The summed E-state index contributed by atoms with van der Waals surface area (Å²) < 4.78 is 31.5. The number of carboxylic acids is 1. The van der Waals surface area contributed by atoms with Crippen LogP contribution in [0.15, 0.2) is 76.4 Å². The van der Waals surface area contributed by atoms with Crippen molar-refractivity contribution >= 4 is 26.7 Å². The van der Waals surface area contributed by atoms with Gasteiger partial charge in [-0.15, -0.1) is 0 Å². The van der Waals surface area contributed by atoms with Gasteiger partial charge in [0.25, 0.3) is 5.56 Å². The second kappa shape index (κ2) is 11.2. The topological polar surface area (TPSA) is 116 Å². The summed E-state index contributed by atoms with van der Waals surface area (Å²) >= 11 is 0. The lowest BCUT2D eigenvalue weighted by molar-refractivity contribution is -0.145. The van der Waals surface area contributed by atoms with E-state index in [2.05, 4.69) is 11.9 Å². The maximum Gasteiger partial charge on any atom is 0.349 e. The van der Waals surface area contributed by atoms with Crippen molar-refractivity contribution in [2.75, 3.05) is 6.26 Å². The monoisotopic (exact) mass is 534 g/mol. The Hall–Kier alpha value is -3.98. The molecule has 4 aromatic rings. The molecule has 198 valence electrons. The number of rotatable bonds is 10. The Morgan fingerprint density at radius 3 is 2.42 bits per heavy atom. The van der Waals surface area contributed by atoms with E-state index in [0.29, 0.717) is 29.1 Å². The molecule has 1 atom stereocenters. The molecule has 8 nitrogen and oxygen atoms in total. The summed E-state index contributed by atoms with van der Waals surface area (Å²) in [4.78, 5) is 30.2. The fourth-order valence-electron chi connectivity index (χ4n) is 4.29. The summed E-state index contributed by atoms with van der Waals surface area (Å²) in [5, 5.41) is 9.99. The first-order valence-electron chi connectivity index (χ1n) is 12.4. The summed E-state index contributed by atoms with van der Waals surface area (Å²) in [6.45, 7) is 4.12. The molecule has 0 spiro atoms. The standard InChI is InChI=1S/C29H30N2O6S/c1-4-5-10-26-30-25-16-15-22(38(3,35)36)17-24(25)28(32)31(26)18-20-11-13-21(14-12-20)37-27(29(33)34)23-9-7-6-8-19(23)2/h6-9,11-17,27H,4-5,10,18H2,1-3H3,(H,33,34). The molecule has 0 fully saturated rings. The largest absolute Gasteiger partial charge is 0.478 e. The van der Waals surface area contributed by atoms with Crippen molar-refractivity contribution in [1.29, 1.82) is 0 Å². The van der Waals surface area contributed by atoms with Gasteiger partial charge in [0.1, 0.15) is 11.6 Å². The highest BCUT2D eigenvalue weighted by molar-refractivity contribution is 7.90. The Labute approximate surface area is 221 Å². The third-order valence-corrected chi connectivity index (χ3v) is 7.51. The lowest BCUT2D eigenvalue weighted by atomic mass is 10.0.